The lowest BCUT2D eigenvalue weighted by molar-refractivity contribution is -0.382. The topological polar surface area (TPSA) is 219 Å². The van der Waals surface area contributed by atoms with Gasteiger partial charge in [-0.25, -0.2) is 0 Å². The zero-order chi connectivity index (χ0) is 45.8. The van der Waals surface area contributed by atoms with Gasteiger partial charge >= 0.3 is 0 Å². The number of rotatable bonds is 9. The van der Waals surface area contributed by atoms with Gasteiger partial charge in [-0.2, -0.15) is 0 Å². The molecule has 0 aromatic heterocycles. The van der Waals surface area contributed by atoms with Crippen molar-refractivity contribution in [2.45, 2.75) is 199 Å². The lowest BCUT2D eigenvalue weighted by Gasteiger charge is -2.72. The van der Waals surface area contributed by atoms with Crippen LogP contribution in [-0.2, 0) is 18.9 Å². The van der Waals surface area contributed by atoms with Gasteiger partial charge in [0.05, 0.1) is 36.6 Å². The first-order valence-corrected chi connectivity index (χ1v) is 20.3. The minimum Gasteiger partial charge on any atom is -0.394 e. The predicted octanol–water partition coefficient (Wildman–Crippen LogP) is 2.15. The number of hydrogen-bond donors (Lipinski definition) is 9. The van der Waals surface area contributed by atoms with E-state index in [1.807, 2.05) is 13.8 Å². The zero-order valence-electron chi connectivity index (χ0n) is 39.4. The van der Waals surface area contributed by atoms with Crippen LogP contribution in [0.1, 0.15) is 122 Å². The highest BCUT2D eigenvalue weighted by molar-refractivity contribution is 5.22. The van der Waals surface area contributed by atoms with Gasteiger partial charge in [-0.05, 0) is 124 Å². The molecule has 0 aromatic carbocycles. The van der Waals surface area contributed by atoms with Crippen molar-refractivity contribution in [3.8, 4) is 0 Å². The lowest BCUT2D eigenvalue weighted by Crippen LogP contribution is -2.71. The Bertz CT molecular complexity index is 1580. The Balaban J connectivity index is 1.36. The first-order chi connectivity index (χ1) is 27.9. The SMILES string of the molecule is [2H]C([2H])([2H])C(=CCCC(C)(O)[C@H]1CC[C@]2(C)[C@@H]1[C@H](O)C[C@@H]1[C@@]3(C)CC[C@H](O)C(C)(C)[C@@H]3C(O[C@@H]3OC(CO)[C@@H](O)C(O)[C@H]3O[C@@H]3O[C@@H](C)[C@@H](O)C(O)C3O)C[C@]12C)C([2H])([2H])[2H]. The van der Waals surface area contributed by atoms with Crippen LogP contribution in [0.5, 0.6) is 0 Å². The predicted molar refractivity (Wildman–Crippen MR) is 201 cm³/mol. The molecule has 2 saturated heterocycles. The molecule has 0 aromatic rings. The second kappa shape index (κ2) is 15.4. The number of aliphatic hydroxyl groups is 9. The standard InChI is InChI=1S/C42H72O13/c1-20(2)11-10-14-42(9,51)22-12-16-40(7)28(22)23(44)17-26-39(6)15-13-27(45)38(4,5)35(39)24(18-41(26,40)8)53-37-34(32(49)30(47)25(19-43)54-37)55-36-33(50)31(48)29(46)21(3)52-36/h11,21-37,43-51H,10,12-19H2,1-9H3/t21-,22-,23+,24?,25?,26+,27-,28-,29+,30+,31?,32?,33?,34+,35-,36-,37+,39+,40+,41+,42?/m0/s1/i1D3,2D3. The normalized spacial score (nSPS) is 55.5. The van der Waals surface area contributed by atoms with E-state index in [1.165, 1.54) is 13.0 Å². The summed E-state index contributed by atoms with van der Waals surface area (Å²) in [6.45, 7) is 7.27. The lowest BCUT2D eigenvalue weighted by atomic mass is 9.34. The van der Waals surface area contributed by atoms with E-state index in [1.54, 1.807) is 6.92 Å². The summed E-state index contributed by atoms with van der Waals surface area (Å²) in [6.07, 6.45) is -13.2. The van der Waals surface area contributed by atoms with Crippen molar-refractivity contribution in [2.75, 3.05) is 6.61 Å². The largest absolute Gasteiger partial charge is 0.394 e. The van der Waals surface area contributed by atoms with Crippen LogP contribution in [0.25, 0.3) is 0 Å². The van der Waals surface area contributed by atoms with Gasteiger partial charge in [-0.1, -0.05) is 46.3 Å². The van der Waals surface area contributed by atoms with E-state index in [9.17, 15) is 46.0 Å². The van der Waals surface area contributed by atoms with Crippen molar-refractivity contribution in [3.05, 3.63) is 11.6 Å². The van der Waals surface area contributed by atoms with Crippen molar-refractivity contribution >= 4 is 0 Å². The van der Waals surface area contributed by atoms with Crippen molar-refractivity contribution in [1.29, 1.82) is 0 Å². The monoisotopic (exact) mass is 791 g/mol. The van der Waals surface area contributed by atoms with E-state index in [-0.39, 0.29) is 24.7 Å². The molecule has 9 N–H and O–H groups in total. The third-order valence-corrected chi connectivity index (χ3v) is 16.3. The maximum Gasteiger partial charge on any atom is 0.187 e. The highest BCUT2D eigenvalue weighted by Gasteiger charge is 2.73. The van der Waals surface area contributed by atoms with Crippen LogP contribution in [0.4, 0.5) is 0 Å². The molecule has 6 unspecified atom stereocenters. The third-order valence-electron chi connectivity index (χ3n) is 16.3. The average molecular weight is 791 g/mol. The minimum absolute atomic E-state index is 0.00347. The fraction of sp³-hybridized carbons (Fsp3) is 0.952. The molecular formula is C42H72O13. The van der Waals surface area contributed by atoms with E-state index in [0.717, 1.165) is 0 Å². The molecule has 0 amide bonds. The minimum atomic E-state index is -2.83. The summed E-state index contributed by atoms with van der Waals surface area (Å²) in [6, 6.07) is 0. The molecule has 0 spiro atoms. The summed E-state index contributed by atoms with van der Waals surface area (Å²) < 4.78 is 71.7. The van der Waals surface area contributed by atoms with Crippen LogP contribution in [0, 0.1) is 45.3 Å². The van der Waals surface area contributed by atoms with Crippen LogP contribution >= 0.6 is 0 Å². The molecule has 55 heavy (non-hydrogen) atoms. The molecule has 0 radical (unpaired) electrons. The second-order valence-electron chi connectivity index (χ2n) is 19.6. The molecule has 6 rings (SSSR count). The van der Waals surface area contributed by atoms with Gasteiger partial charge in [0.25, 0.3) is 0 Å². The van der Waals surface area contributed by atoms with Gasteiger partial charge in [0.2, 0.25) is 0 Å². The quantitative estimate of drug-likeness (QED) is 0.121. The Labute approximate surface area is 335 Å². The first kappa shape index (κ1) is 36.1. The third kappa shape index (κ3) is 7.10. The number of aliphatic hydroxyl groups excluding tert-OH is 8. The summed E-state index contributed by atoms with van der Waals surface area (Å²) in [5.41, 5.74) is -4.57. The smallest absolute Gasteiger partial charge is 0.187 e. The van der Waals surface area contributed by atoms with E-state index < -0.39 is 145 Å². The number of ether oxygens (including phenoxy) is 4. The van der Waals surface area contributed by atoms with Gasteiger partial charge in [-0.15, -0.1) is 0 Å². The highest BCUT2D eigenvalue weighted by Crippen LogP contribution is 2.76. The van der Waals surface area contributed by atoms with Crippen LogP contribution in [0.15, 0.2) is 11.6 Å². The van der Waals surface area contributed by atoms with Gasteiger partial charge < -0.3 is 64.9 Å². The summed E-state index contributed by atoms with van der Waals surface area (Å²) in [5.74, 6) is -1.33. The van der Waals surface area contributed by atoms with Crippen molar-refractivity contribution in [3.63, 3.8) is 0 Å². The summed E-state index contributed by atoms with van der Waals surface area (Å²) in [7, 11) is 0. The fourth-order valence-electron chi connectivity index (χ4n) is 13.2. The van der Waals surface area contributed by atoms with Crippen LogP contribution < -0.4 is 0 Å². The Morgan fingerprint density at radius 3 is 2.20 bits per heavy atom. The average Bonchev–Trinajstić information content (AvgIpc) is 3.53. The highest BCUT2D eigenvalue weighted by atomic mass is 16.8. The molecule has 318 valence electrons. The maximum atomic E-state index is 12.3. The molecule has 2 heterocycles. The van der Waals surface area contributed by atoms with Crippen molar-refractivity contribution in [1.82, 2.24) is 0 Å². The van der Waals surface area contributed by atoms with E-state index in [2.05, 4.69) is 20.8 Å². The van der Waals surface area contributed by atoms with Gasteiger partial charge in [0, 0.05) is 8.22 Å². The Morgan fingerprint density at radius 1 is 0.855 bits per heavy atom. The van der Waals surface area contributed by atoms with E-state index in [4.69, 9.17) is 27.2 Å². The van der Waals surface area contributed by atoms with Crippen LogP contribution in [-0.4, -0.2) is 138 Å². The maximum absolute atomic E-state index is 12.3. The molecular weight excluding hydrogens is 712 g/mol. The second-order valence-corrected chi connectivity index (χ2v) is 19.6. The number of hydrogen-bond acceptors (Lipinski definition) is 13. The zero-order valence-corrected chi connectivity index (χ0v) is 33.4. The summed E-state index contributed by atoms with van der Waals surface area (Å²) >= 11 is 0. The van der Waals surface area contributed by atoms with E-state index >= 15 is 0 Å². The van der Waals surface area contributed by atoms with Crippen LogP contribution in [0.3, 0.4) is 0 Å². The summed E-state index contributed by atoms with van der Waals surface area (Å²) in [4.78, 5) is 0. The van der Waals surface area contributed by atoms with Gasteiger partial charge in [0.15, 0.2) is 12.6 Å². The molecule has 6 aliphatic rings. The van der Waals surface area contributed by atoms with Gasteiger partial charge in [-0.3, -0.25) is 0 Å². The molecule has 0 bridgehead atoms. The molecule has 13 nitrogen and oxygen atoms in total. The Hall–Kier alpha value is -0.780. The fourth-order valence-corrected chi connectivity index (χ4v) is 13.2. The Morgan fingerprint density at radius 2 is 1.55 bits per heavy atom. The van der Waals surface area contributed by atoms with Crippen molar-refractivity contribution in [2.24, 2.45) is 45.3 Å². The number of allylic oxidation sites excluding steroid dienone is 2. The molecule has 13 heteroatoms. The molecule has 2 aliphatic heterocycles. The first-order valence-electron chi connectivity index (χ1n) is 23.3. The van der Waals surface area contributed by atoms with Crippen molar-refractivity contribution < 1.29 is 73.1 Å². The Kier molecular flexibility index (Phi) is 10.1. The molecule has 21 atom stereocenters. The van der Waals surface area contributed by atoms with Gasteiger partial charge in [0.1, 0.15) is 42.7 Å². The number of fused-ring (bicyclic) bond motifs is 5. The molecule has 6 fully saturated rings. The molecule has 4 aliphatic carbocycles. The summed E-state index contributed by atoms with van der Waals surface area (Å²) in [5, 5.41) is 101. The molecule has 4 saturated carbocycles. The van der Waals surface area contributed by atoms with Crippen LogP contribution in [0.2, 0.25) is 0 Å². The van der Waals surface area contributed by atoms with E-state index in [0.29, 0.717) is 38.5 Å².